The van der Waals surface area contributed by atoms with Gasteiger partial charge in [-0.15, -0.1) is 0 Å². The van der Waals surface area contributed by atoms with Crippen LogP contribution in [0.2, 0.25) is 0 Å². The molecule has 4 nitrogen and oxygen atoms in total. The van der Waals surface area contributed by atoms with Gasteiger partial charge >= 0.3 is 0 Å². The van der Waals surface area contributed by atoms with Crippen LogP contribution >= 0.6 is 0 Å². The fraction of sp³-hybridized carbons (Fsp3) is 0. The highest BCUT2D eigenvalue weighted by Gasteiger charge is 2.08. The molecule has 0 radical (unpaired) electrons. The van der Waals surface area contributed by atoms with Gasteiger partial charge in [0.05, 0.1) is 11.8 Å². The van der Waals surface area contributed by atoms with Gasteiger partial charge in [0.2, 0.25) is 0 Å². The number of amides is 1. The van der Waals surface area contributed by atoms with Crippen molar-refractivity contribution in [3.8, 4) is 5.75 Å². The third kappa shape index (κ3) is 3.38. The number of rotatable bonds is 3. The number of carbonyl (C=O) groups is 1. The average Bonchev–Trinajstić information content (AvgIpc) is 2.41. The molecule has 0 heterocycles. The van der Waals surface area contributed by atoms with Crippen LogP contribution < -0.4 is 5.43 Å². The Balaban J connectivity index is 2.01. The van der Waals surface area contributed by atoms with Crippen LogP contribution in [-0.4, -0.2) is 17.2 Å². The Morgan fingerprint density at radius 2 is 1.84 bits per heavy atom. The second-order valence-electron chi connectivity index (χ2n) is 3.77. The van der Waals surface area contributed by atoms with Gasteiger partial charge in [-0.25, -0.2) is 9.82 Å². The van der Waals surface area contributed by atoms with E-state index in [1.165, 1.54) is 42.6 Å². The number of nitrogens with one attached hydrogen (secondary N) is 1. The lowest BCUT2D eigenvalue weighted by atomic mass is 10.2. The van der Waals surface area contributed by atoms with E-state index in [-0.39, 0.29) is 17.1 Å². The van der Waals surface area contributed by atoms with E-state index in [0.717, 1.165) is 0 Å². The number of aromatic hydroxyl groups is 1. The third-order valence-electron chi connectivity index (χ3n) is 2.40. The van der Waals surface area contributed by atoms with Crippen molar-refractivity contribution in [2.24, 2.45) is 5.10 Å². The summed E-state index contributed by atoms with van der Waals surface area (Å²) in [5.41, 5.74) is 3.07. The van der Waals surface area contributed by atoms with Crippen LogP contribution in [-0.2, 0) is 0 Å². The number of nitrogens with zero attached hydrogens (tertiary/aromatic N) is 1. The minimum atomic E-state index is -0.517. The minimum absolute atomic E-state index is 0.114. The number of halogens is 1. The molecule has 0 unspecified atom stereocenters. The van der Waals surface area contributed by atoms with Gasteiger partial charge in [-0.05, 0) is 29.8 Å². The van der Waals surface area contributed by atoms with Crippen LogP contribution in [0, 0.1) is 5.82 Å². The van der Waals surface area contributed by atoms with E-state index in [1.807, 2.05) is 0 Å². The first-order chi connectivity index (χ1) is 9.16. The van der Waals surface area contributed by atoms with E-state index in [1.54, 1.807) is 12.1 Å². The summed E-state index contributed by atoms with van der Waals surface area (Å²) >= 11 is 0. The highest BCUT2D eigenvalue weighted by molar-refractivity contribution is 5.97. The largest absolute Gasteiger partial charge is 0.507 e. The molecule has 5 heteroatoms. The molecule has 2 N–H and O–H groups in total. The smallest absolute Gasteiger partial charge is 0.275 e. The topological polar surface area (TPSA) is 61.7 Å². The van der Waals surface area contributed by atoms with Crippen LogP contribution in [0.5, 0.6) is 5.75 Å². The standard InChI is InChI=1S/C14H11FN2O2/c15-11-7-5-10(6-8-11)9-16-17-14(19)12-3-1-2-4-13(12)18/h1-9,18H,(H,17,19)/b16-9+. The van der Waals surface area contributed by atoms with Crippen LogP contribution in [0.3, 0.4) is 0 Å². The summed E-state index contributed by atoms with van der Waals surface area (Å²) in [7, 11) is 0. The molecule has 0 bridgehead atoms. The molecule has 0 fully saturated rings. The van der Waals surface area contributed by atoms with E-state index in [2.05, 4.69) is 10.5 Å². The van der Waals surface area contributed by atoms with Gasteiger partial charge in [0.1, 0.15) is 11.6 Å². The molecule has 0 aliphatic carbocycles. The molecular formula is C14H11FN2O2. The Kier molecular flexibility index (Phi) is 3.87. The number of benzene rings is 2. The lowest BCUT2D eigenvalue weighted by Gasteiger charge is -2.01. The molecule has 0 aromatic heterocycles. The Bertz CT molecular complexity index is 609. The number of hydrogen-bond acceptors (Lipinski definition) is 3. The van der Waals surface area contributed by atoms with Crippen LogP contribution in [0.25, 0.3) is 0 Å². The summed E-state index contributed by atoms with van der Waals surface area (Å²) in [6.07, 6.45) is 1.39. The molecule has 19 heavy (non-hydrogen) atoms. The fourth-order valence-corrected chi connectivity index (χ4v) is 1.44. The number of hydrogen-bond donors (Lipinski definition) is 2. The average molecular weight is 258 g/mol. The summed E-state index contributed by atoms with van der Waals surface area (Å²) < 4.78 is 12.7. The number of carbonyl (C=O) groups excluding carboxylic acids is 1. The van der Waals surface area contributed by atoms with Gasteiger partial charge in [0, 0.05) is 0 Å². The summed E-state index contributed by atoms with van der Waals surface area (Å²) in [6.45, 7) is 0. The predicted molar refractivity (Wildman–Crippen MR) is 69.6 cm³/mol. The monoisotopic (exact) mass is 258 g/mol. The maximum absolute atomic E-state index is 12.7. The number of phenolic OH excluding ortho intramolecular Hbond substituents is 1. The van der Waals surface area contributed by atoms with Gasteiger partial charge in [0.25, 0.3) is 5.91 Å². The van der Waals surface area contributed by atoms with Crippen molar-refractivity contribution in [2.45, 2.75) is 0 Å². The van der Waals surface area contributed by atoms with Crippen molar-refractivity contribution in [3.63, 3.8) is 0 Å². The quantitative estimate of drug-likeness (QED) is 0.655. The highest BCUT2D eigenvalue weighted by Crippen LogP contribution is 2.14. The molecular weight excluding hydrogens is 247 g/mol. The van der Waals surface area contributed by atoms with E-state index >= 15 is 0 Å². The second-order valence-corrected chi connectivity index (χ2v) is 3.77. The van der Waals surface area contributed by atoms with Gasteiger partial charge in [-0.2, -0.15) is 5.10 Å². The molecule has 0 aliphatic rings. The summed E-state index contributed by atoms with van der Waals surface area (Å²) in [6, 6.07) is 11.8. The Morgan fingerprint density at radius 3 is 2.53 bits per heavy atom. The van der Waals surface area contributed by atoms with Gasteiger partial charge in [-0.1, -0.05) is 24.3 Å². The molecule has 1 amide bonds. The van der Waals surface area contributed by atoms with Gasteiger partial charge < -0.3 is 5.11 Å². The summed E-state index contributed by atoms with van der Waals surface area (Å²) in [5, 5.41) is 13.2. The normalized spacial score (nSPS) is 10.6. The predicted octanol–water partition coefficient (Wildman–Crippen LogP) is 2.30. The molecule has 0 aliphatic heterocycles. The van der Waals surface area contributed by atoms with E-state index in [9.17, 15) is 14.3 Å². The zero-order valence-corrected chi connectivity index (χ0v) is 9.88. The van der Waals surface area contributed by atoms with E-state index < -0.39 is 5.91 Å². The molecule has 0 spiro atoms. The zero-order chi connectivity index (χ0) is 13.7. The third-order valence-corrected chi connectivity index (χ3v) is 2.40. The molecule has 2 aromatic carbocycles. The Morgan fingerprint density at radius 1 is 1.16 bits per heavy atom. The lowest BCUT2D eigenvalue weighted by molar-refractivity contribution is 0.0952. The van der Waals surface area contributed by atoms with Crippen molar-refractivity contribution in [1.82, 2.24) is 5.43 Å². The molecule has 0 atom stereocenters. The van der Waals surface area contributed by atoms with Crippen molar-refractivity contribution in [1.29, 1.82) is 0 Å². The Labute approximate surface area is 109 Å². The maximum atomic E-state index is 12.7. The van der Waals surface area contributed by atoms with Crippen molar-refractivity contribution >= 4 is 12.1 Å². The Hall–Kier alpha value is -2.69. The molecule has 96 valence electrons. The van der Waals surface area contributed by atoms with Gasteiger partial charge in [0.15, 0.2) is 0 Å². The molecule has 2 aromatic rings. The van der Waals surface area contributed by atoms with Crippen LogP contribution in [0.1, 0.15) is 15.9 Å². The fourth-order valence-electron chi connectivity index (χ4n) is 1.44. The van der Waals surface area contributed by atoms with Crippen molar-refractivity contribution < 1.29 is 14.3 Å². The van der Waals surface area contributed by atoms with Crippen molar-refractivity contribution in [3.05, 3.63) is 65.5 Å². The van der Waals surface area contributed by atoms with E-state index in [0.29, 0.717) is 5.56 Å². The first-order valence-corrected chi connectivity index (χ1v) is 5.54. The number of phenols is 1. The molecule has 0 saturated carbocycles. The SMILES string of the molecule is O=C(N/N=C/c1ccc(F)cc1)c1ccccc1O. The lowest BCUT2D eigenvalue weighted by Crippen LogP contribution is -2.17. The van der Waals surface area contributed by atoms with Crippen molar-refractivity contribution in [2.75, 3.05) is 0 Å². The first kappa shape index (κ1) is 12.8. The minimum Gasteiger partial charge on any atom is -0.507 e. The summed E-state index contributed by atoms with van der Waals surface area (Å²) in [5.74, 6) is -0.969. The summed E-state index contributed by atoms with van der Waals surface area (Å²) in [4.78, 5) is 11.7. The first-order valence-electron chi connectivity index (χ1n) is 5.54. The maximum Gasteiger partial charge on any atom is 0.275 e. The molecule has 0 saturated heterocycles. The zero-order valence-electron chi connectivity index (χ0n) is 9.88. The second kappa shape index (κ2) is 5.77. The van der Waals surface area contributed by atoms with Gasteiger partial charge in [-0.3, -0.25) is 4.79 Å². The highest BCUT2D eigenvalue weighted by atomic mass is 19.1. The number of para-hydroxylation sites is 1. The van der Waals surface area contributed by atoms with Crippen LogP contribution in [0.4, 0.5) is 4.39 Å². The number of hydrazone groups is 1. The van der Waals surface area contributed by atoms with Crippen LogP contribution in [0.15, 0.2) is 53.6 Å². The van der Waals surface area contributed by atoms with E-state index in [4.69, 9.17) is 0 Å². The molecule has 2 rings (SSSR count).